The van der Waals surface area contributed by atoms with Gasteiger partial charge >= 0.3 is 5.97 Å². The maximum absolute atomic E-state index is 12.6. The van der Waals surface area contributed by atoms with Crippen molar-refractivity contribution in [3.05, 3.63) is 94.5 Å². The van der Waals surface area contributed by atoms with Gasteiger partial charge in [-0.1, -0.05) is 55.8 Å². The van der Waals surface area contributed by atoms with E-state index in [1.807, 2.05) is 51.1 Å². The van der Waals surface area contributed by atoms with Crippen LogP contribution in [0.3, 0.4) is 0 Å². The molecule has 0 aliphatic carbocycles. The second kappa shape index (κ2) is 8.74. The SMILES string of the molecule is CC.Cc1ccc(-c2cc(CN3C(=O)c4ccccc4C3=O)cc(C(=O)O)c2)cc1. The summed E-state index contributed by atoms with van der Waals surface area (Å²) in [6.07, 6.45) is 0. The van der Waals surface area contributed by atoms with Gasteiger partial charge in [0.05, 0.1) is 23.2 Å². The van der Waals surface area contributed by atoms with Gasteiger partial charge in [-0.15, -0.1) is 0 Å². The predicted octanol–water partition coefficient (Wildman–Crippen LogP) is 5.18. The Hall–Kier alpha value is -3.73. The molecule has 4 rings (SSSR count). The summed E-state index contributed by atoms with van der Waals surface area (Å²) in [7, 11) is 0. The van der Waals surface area contributed by atoms with Crippen LogP contribution in [0.15, 0.2) is 66.7 Å². The number of hydrogen-bond donors (Lipinski definition) is 1. The van der Waals surface area contributed by atoms with Crippen LogP contribution in [0, 0.1) is 6.92 Å². The predicted molar refractivity (Wildman–Crippen MR) is 116 cm³/mol. The minimum atomic E-state index is -1.06. The molecule has 3 aromatic carbocycles. The van der Waals surface area contributed by atoms with Crippen molar-refractivity contribution in [2.45, 2.75) is 27.3 Å². The van der Waals surface area contributed by atoms with Crippen molar-refractivity contribution in [1.82, 2.24) is 4.90 Å². The third kappa shape index (κ3) is 4.01. The fourth-order valence-electron chi connectivity index (χ4n) is 3.38. The fraction of sp³-hybridized carbons (Fsp3) is 0.160. The molecule has 1 aliphatic heterocycles. The first kappa shape index (κ1) is 21.0. The summed E-state index contributed by atoms with van der Waals surface area (Å²) in [5.41, 5.74) is 4.16. The molecule has 2 amide bonds. The lowest BCUT2D eigenvalue weighted by Gasteiger charge is -2.15. The summed E-state index contributed by atoms with van der Waals surface area (Å²) < 4.78 is 0. The standard InChI is InChI=1S/C23H17NO4.C2H6/c1-14-6-8-16(9-7-14)17-10-15(11-18(12-17)23(27)28)13-24-21(25)19-4-2-3-5-20(19)22(24)26;1-2/h2-12H,13H2,1H3,(H,27,28);1-2H3. The van der Waals surface area contributed by atoms with Crippen LogP contribution in [0.2, 0.25) is 0 Å². The number of rotatable bonds is 4. The normalized spacial score (nSPS) is 12.3. The maximum atomic E-state index is 12.6. The number of benzene rings is 3. The maximum Gasteiger partial charge on any atom is 0.335 e. The molecule has 3 aromatic rings. The van der Waals surface area contributed by atoms with E-state index in [0.717, 1.165) is 21.6 Å². The van der Waals surface area contributed by atoms with Gasteiger partial charge < -0.3 is 5.11 Å². The highest BCUT2D eigenvalue weighted by molar-refractivity contribution is 6.21. The molecule has 0 fully saturated rings. The fourth-order valence-corrected chi connectivity index (χ4v) is 3.38. The molecule has 0 spiro atoms. The van der Waals surface area contributed by atoms with Gasteiger partial charge in [-0.05, 0) is 53.9 Å². The Labute approximate surface area is 175 Å². The zero-order valence-corrected chi connectivity index (χ0v) is 17.2. The number of hydrogen-bond acceptors (Lipinski definition) is 3. The number of aromatic carboxylic acids is 1. The molecule has 5 nitrogen and oxygen atoms in total. The van der Waals surface area contributed by atoms with E-state index in [0.29, 0.717) is 16.7 Å². The third-order valence-corrected chi connectivity index (χ3v) is 4.84. The summed E-state index contributed by atoms with van der Waals surface area (Å²) in [6.45, 7) is 6.00. The average molecular weight is 401 g/mol. The van der Waals surface area contributed by atoms with Gasteiger partial charge in [-0.2, -0.15) is 0 Å². The van der Waals surface area contributed by atoms with Gasteiger partial charge in [0.1, 0.15) is 0 Å². The lowest BCUT2D eigenvalue weighted by molar-refractivity contribution is 0.0641. The summed E-state index contributed by atoms with van der Waals surface area (Å²) in [6, 6.07) is 19.3. The monoisotopic (exact) mass is 401 g/mol. The number of nitrogens with zero attached hydrogens (tertiary/aromatic N) is 1. The molecular weight excluding hydrogens is 378 g/mol. The van der Waals surface area contributed by atoms with Crippen LogP contribution in [0.1, 0.15) is 56.0 Å². The van der Waals surface area contributed by atoms with Gasteiger partial charge in [-0.3, -0.25) is 14.5 Å². The highest BCUT2D eigenvalue weighted by Gasteiger charge is 2.35. The first-order valence-corrected chi connectivity index (χ1v) is 9.83. The summed E-state index contributed by atoms with van der Waals surface area (Å²) in [5.74, 6) is -1.78. The molecular formula is C25H23NO4. The number of fused-ring (bicyclic) bond motifs is 1. The van der Waals surface area contributed by atoms with Crippen LogP contribution in [0.4, 0.5) is 0 Å². The zero-order chi connectivity index (χ0) is 21.8. The van der Waals surface area contributed by atoms with Gasteiger partial charge in [0.2, 0.25) is 0 Å². The minimum Gasteiger partial charge on any atom is -0.478 e. The van der Waals surface area contributed by atoms with Crippen LogP contribution in [0.5, 0.6) is 0 Å². The molecule has 0 atom stereocenters. The Balaban J connectivity index is 0.00000124. The number of imide groups is 1. The van der Waals surface area contributed by atoms with E-state index in [1.165, 1.54) is 6.07 Å². The third-order valence-electron chi connectivity index (χ3n) is 4.84. The first-order valence-electron chi connectivity index (χ1n) is 9.83. The molecule has 0 aromatic heterocycles. The largest absolute Gasteiger partial charge is 0.478 e. The van der Waals surface area contributed by atoms with E-state index in [4.69, 9.17) is 0 Å². The molecule has 1 aliphatic rings. The van der Waals surface area contributed by atoms with Crippen LogP contribution in [0.25, 0.3) is 11.1 Å². The van der Waals surface area contributed by atoms with Crippen molar-refractivity contribution in [1.29, 1.82) is 0 Å². The number of carboxylic acid groups (broad SMARTS) is 1. The quantitative estimate of drug-likeness (QED) is 0.611. The molecule has 0 saturated heterocycles. The lowest BCUT2D eigenvalue weighted by atomic mass is 9.98. The van der Waals surface area contributed by atoms with Crippen molar-refractivity contribution in [2.75, 3.05) is 0 Å². The second-order valence-corrected chi connectivity index (χ2v) is 6.83. The van der Waals surface area contributed by atoms with E-state index in [-0.39, 0.29) is 23.9 Å². The van der Waals surface area contributed by atoms with Gasteiger partial charge in [0.25, 0.3) is 11.8 Å². The topological polar surface area (TPSA) is 74.7 Å². The lowest BCUT2D eigenvalue weighted by Crippen LogP contribution is -2.29. The Kier molecular flexibility index (Phi) is 6.11. The van der Waals surface area contributed by atoms with Crippen molar-refractivity contribution in [3.8, 4) is 11.1 Å². The van der Waals surface area contributed by atoms with Crippen LogP contribution in [-0.4, -0.2) is 27.8 Å². The molecule has 0 bridgehead atoms. The molecule has 30 heavy (non-hydrogen) atoms. The Bertz CT molecular complexity index is 1080. The van der Waals surface area contributed by atoms with Crippen LogP contribution < -0.4 is 0 Å². The number of carbonyl (C=O) groups excluding carboxylic acids is 2. The molecule has 1 heterocycles. The highest BCUT2D eigenvalue weighted by atomic mass is 16.4. The van der Waals surface area contributed by atoms with E-state index >= 15 is 0 Å². The van der Waals surface area contributed by atoms with E-state index in [1.54, 1.807) is 30.3 Å². The number of aryl methyl sites for hydroxylation is 1. The molecule has 5 heteroatoms. The van der Waals surface area contributed by atoms with E-state index in [2.05, 4.69) is 0 Å². The molecule has 1 N–H and O–H groups in total. The van der Waals surface area contributed by atoms with Crippen molar-refractivity contribution in [2.24, 2.45) is 0 Å². The summed E-state index contributed by atoms with van der Waals surface area (Å²) in [5, 5.41) is 9.48. The smallest absolute Gasteiger partial charge is 0.335 e. The Morgan fingerprint density at radius 1 is 0.833 bits per heavy atom. The van der Waals surface area contributed by atoms with Crippen LogP contribution >= 0.6 is 0 Å². The average Bonchev–Trinajstić information content (AvgIpc) is 3.00. The number of amides is 2. The Morgan fingerprint density at radius 3 is 1.93 bits per heavy atom. The van der Waals surface area contributed by atoms with Crippen molar-refractivity contribution < 1.29 is 19.5 Å². The van der Waals surface area contributed by atoms with E-state index in [9.17, 15) is 19.5 Å². The van der Waals surface area contributed by atoms with Gasteiger partial charge in [0, 0.05) is 0 Å². The first-order chi connectivity index (χ1) is 14.4. The van der Waals surface area contributed by atoms with Gasteiger partial charge in [-0.25, -0.2) is 4.79 Å². The number of carboxylic acids is 1. The summed E-state index contributed by atoms with van der Waals surface area (Å²) in [4.78, 5) is 38.0. The molecule has 152 valence electrons. The molecule has 0 saturated carbocycles. The number of carbonyl (C=O) groups is 3. The molecule has 0 unspecified atom stereocenters. The van der Waals surface area contributed by atoms with Gasteiger partial charge in [0.15, 0.2) is 0 Å². The van der Waals surface area contributed by atoms with Crippen LogP contribution in [-0.2, 0) is 6.54 Å². The Morgan fingerprint density at radius 2 is 1.40 bits per heavy atom. The summed E-state index contributed by atoms with van der Waals surface area (Å²) >= 11 is 0. The van der Waals surface area contributed by atoms with E-state index < -0.39 is 5.97 Å². The van der Waals surface area contributed by atoms with Crippen molar-refractivity contribution >= 4 is 17.8 Å². The second-order valence-electron chi connectivity index (χ2n) is 6.83. The minimum absolute atomic E-state index is 0.0202. The molecule has 0 radical (unpaired) electrons. The highest BCUT2D eigenvalue weighted by Crippen LogP contribution is 2.27. The van der Waals surface area contributed by atoms with Crippen molar-refractivity contribution in [3.63, 3.8) is 0 Å². The zero-order valence-electron chi connectivity index (χ0n) is 17.2.